The van der Waals surface area contributed by atoms with Crippen LogP contribution in [0, 0.1) is 19.7 Å². The molecular weight excluding hydrogens is 359 g/mol. The Morgan fingerprint density at radius 2 is 1.96 bits per heavy atom. The van der Waals surface area contributed by atoms with Gasteiger partial charge in [0.1, 0.15) is 5.82 Å². The largest absolute Gasteiger partial charge is 0.318 e. The fraction of sp³-hybridized carbons (Fsp3) is 0.111. The second kappa shape index (κ2) is 6.08. The number of rotatable bonds is 2. The van der Waals surface area contributed by atoms with Crippen LogP contribution in [-0.2, 0) is 0 Å². The maximum Gasteiger partial charge on any atom is 0.257 e. The number of carbonyl (C=O) groups is 1. The third kappa shape index (κ3) is 3.10. The molecule has 0 aliphatic heterocycles. The van der Waals surface area contributed by atoms with E-state index in [0.29, 0.717) is 15.7 Å². The molecule has 3 nitrogen and oxygen atoms in total. The topological polar surface area (TPSA) is 42.0 Å². The van der Waals surface area contributed by atoms with Crippen LogP contribution < -0.4 is 5.32 Å². The third-order valence-corrected chi connectivity index (χ3v) is 4.27. The van der Waals surface area contributed by atoms with E-state index in [4.69, 9.17) is 0 Å². The molecule has 0 spiro atoms. The zero-order valence-corrected chi connectivity index (χ0v) is 14.2. The molecule has 1 heterocycles. The van der Waals surface area contributed by atoms with Crippen molar-refractivity contribution in [3.8, 4) is 0 Å². The smallest absolute Gasteiger partial charge is 0.257 e. The SMILES string of the molecule is Cc1ccc2nc(C)c(C(=O)Nc3c(F)cccc3Br)cc2c1. The number of hydrogen-bond donors (Lipinski definition) is 1. The second-order valence-electron chi connectivity index (χ2n) is 5.37. The lowest BCUT2D eigenvalue weighted by molar-refractivity contribution is 0.102. The summed E-state index contributed by atoms with van der Waals surface area (Å²) in [5.41, 5.74) is 3.08. The van der Waals surface area contributed by atoms with Crippen LogP contribution in [0.4, 0.5) is 10.1 Å². The molecule has 0 fully saturated rings. The number of halogens is 2. The minimum atomic E-state index is -0.491. The number of benzene rings is 2. The highest BCUT2D eigenvalue weighted by atomic mass is 79.9. The van der Waals surface area contributed by atoms with Gasteiger partial charge in [-0.15, -0.1) is 0 Å². The molecule has 23 heavy (non-hydrogen) atoms. The van der Waals surface area contributed by atoms with E-state index in [1.807, 2.05) is 25.1 Å². The van der Waals surface area contributed by atoms with Gasteiger partial charge < -0.3 is 5.32 Å². The van der Waals surface area contributed by atoms with Crippen molar-refractivity contribution in [1.29, 1.82) is 0 Å². The lowest BCUT2D eigenvalue weighted by Gasteiger charge is -2.11. The molecule has 0 radical (unpaired) electrons. The molecule has 0 unspecified atom stereocenters. The van der Waals surface area contributed by atoms with Crippen LogP contribution in [-0.4, -0.2) is 10.9 Å². The van der Waals surface area contributed by atoms with Crippen molar-refractivity contribution in [3.63, 3.8) is 0 Å². The summed E-state index contributed by atoms with van der Waals surface area (Å²) in [7, 11) is 0. The average Bonchev–Trinajstić information content (AvgIpc) is 2.50. The van der Waals surface area contributed by atoms with Crippen molar-refractivity contribution in [2.45, 2.75) is 13.8 Å². The second-order valence-corrected chi connectivity index (χ2v) is 6.22. The fourth-order valence-electron chi connectivity index (χ4n) is 2.42. The molecule has 116 valence electrons. The molecule has 1 amide bonds. The van der Waals surface area contributed by atoms with Gasteiger partial charge in [-0.2, -0.15) is 0 Å². The number of carbonyl (C=O) groups excluding carboxylic acids is 1. The zero-order valence-electron chi connectivity index (χ0n) is 12.7. The van der Waals surface area contributed by atoms with Crippen molar-refractivity contribution in [2.24, 2.45) is 0 Å². The number of anilines is 1. The van der Waals surface area contributed by atoms with Crippen molar-refractivity contribution in [1.82, 2.24) is 4.98 Å². The van der Waals surface area contributed by atoms with Gasteiger partial charge in [-0.25, -0.2) is 4.39 Å². The maximum absolute atomic E-state index is 13.9. The predicted octanol–water partition coefficient (Wildman–Crippen LogP) is 5.01. The summed E-state index contributed by atoms with van der Waals surface area (Å²) < 4.78 is 14.4. The summed E-state index contributed by atoms with van der Waals surface area (Å²) in [6, 6.07) is 12.2. The molecule has 5 heteroatoms. The molecule has 1 N–H and O–H groups in total. The van der Waals surface area contributed by atoms with E-state index in [1.54, 1.807) is 25.1 Å². The van der Waals surface area contributed by atoms with Crippen molar-refractivity contribution >= 4 is 38.4 Å². The summed E-state index contributed by atoms with van der Waals surface area (Å²) in [5, 5.41) is 3.50. The highest BCUT2D eigenvalue weighted by molar-refractivity contribution is 9.10. The number of para-hydroxylation sites is 1. The summed E-state index contributed by atoms with van der Waals surface area (Å²) in [6.07, 6.45) is 0. The van der Waals surface area contributed by atoms with Crippen molar-refractivity contribution in [3.05, 3.63) is 69.6 Å². The molecule has 0 aliphatic rings. The van der Waals surface area contributed by atoms with Crippen LogP contribution in [0.25, 0.3) is 10.9 Å². The van der Waals surface area contributed by atoms with Crippen LogP contribution in [0.15, 0.2) is 46.9 Å². The summed E-state index contributed by atoms with van der Waals surface area (Å²) in [5.74, 6) is -0.876. The van der Waals surface area contributed by atoms with E-state index in [9.17, 15) is 9.18 Å². The van der Waals surface area contributed by atoms with Gasteiger partial charge in [-0.3, -0.25) is 9.78 Å². The number of pyridine rings is 1. The first-order valence-corrected chi connectivity index (χ1v) is 7.88. The molecular formula is C18H14BrFN2O. The molecule has 1 aromatic heterocycles. The summed E-state index contributed by atoms with van der Waals surface area (Å²) >= 11 is 3.25. The predicted molar refractivity (Wildman–Crippen MR) is 93.3 cm³/mol. The van der Waals surface area contributed by atoms with Gasteiger partial charge in [0.25, 0.3) is 5.91 Å². The lowest BCUT2D eigenvalue weighted by Crippen LogP contribution is -2.15. The standard InChI is InChI=1S/C18H14BrFN2O/c1-10-6-7-16-12(8-10)9-13(11(2)21-16)18(23)22-17-14(19)4-3-5-15(17)20/h3-9H,1-2H3,(H,22,23). The number of nitrogens with one attached hydrogen (secondary N) is 1. The Bertz CT molecular complexity index is 904. The van der Waals surface area contributed by atoms with E-state index in [2.05, 4.69) is 26.2 Å². The lowest BCUT2D eigenvalue weighted by atomic mass is 10.1. The van der Waals surface area contributed by atoms with Crippen LogP contribution in [0.3, 0.4) is 0 Å². The van der Waals surface area contributed by atoms with Gasteiger partial charge >= 0.3 is 0 Å². The Morgan fingerprint density at radius 3 is 2.70 bits per heavy atom. The normalized spacial score (nSPS) is 10.8. The van der Waals surface area contributed by atoms with Gasteiger partial charge in [0.2, 0.25) is 0 Å². The fourth-order valence-corrected chi connectivity index (χ4v) is 2.86. The van der Waals surface area contributed by atoms with Crippen molar-refractivity contribution < 1.29 is 9.18 Å². The Morgan fingerprint density at radius 1 is 1.17 bits per heavy atom. The number of hydrogen-bond acceptors (Lipinski definition) is 2. The van der Waals surface area contributed by atoms with Crippen LogP contribution in [0.5, 0.6) is 0 Å². The molecule has 3 rings (SSSR count). The van der Waals surface area contributed by atoms with Gasteiger partial charge in [0.05, 0.1) is 22.5 Å². The Labute approximate surface area is 141 Å². The molecule has 0 saturated carbocycles. The first-order valence-electron chi connectivity index (χ1n) is 7.09. The number of aromatic nitrogens is 1. The summed E-state index contributed by atoms with van der Waals surface area (Å²) in [4.78, 5) is 17.0. The Kier molecular flexibility index (Phi) is 4.13. The number of amides is 1. The van der Waals surface area contributed by atoms with E-state index in [0.717, 1.165) is 16.5 Å². The first kappa shape index (κ1) is 15.6. The van der Waals surface area contributed by atoms with Gasteiger partial charge in [-0.05, 0) is 60.1 Å². The highest BCUT2D eigenvalue weighted by Crippen LogP contribution is 2.26. The molecule has 0 atom stereocenters. The number of aryl methyl sites for hydroxylation is 2. The van der Waals surface area contributed by atoms with Gasteiger partial charge in [0.15, 0.2) is 0 Å². The van der Waals surface area contributed by atoms with Gasteiger partial charge in [0, 0.05) is 9.86 Å². The zero-order chi connectivity index (χ0) is 16.6. The van der Waals surface area contributed by atoms with Crippen LogP contribution in [0.2, 0.25) is 0 Å². The minimum Gasteiger partial charge on any atom is -0.318 e. The first-order chi connectivity index (χ1) is 11.0. The van der Waals surface area contributed by atoms with E-state index >= 15 is 0 Å². The minimum absolute atomic E-state index is 0.126. The third-order valence-electron chi connectivity index (χ3n) is 3.61. The molecule has 0 bridgehead atoms. The van der Waals surface area contributed by atoms with E-state index in [-0.39, 0.29) is 11.6 Å². The van der Waals surface area contributed by atoms with Crippen LogP contribution in [0.1, 0.15) is 21.6 Å². The number of fused-ring (bicyclic) bond motifs is 1. The van der Waals surface area contributed by atoms with Gasteiger partial charge in [-0.1, -0.05) is 17.7 Å². The van der Waals surface area contributed by atoms with E-state index < -0.39 is 5.82 Å². The molecule has 2 aromatic carbocycles. The average molecular weight is 373 g/mol. The molecule has 0 aliphatic carbocycles. The molecule has 0 saturated heterocycles. The maximum atomic E-state index is 13.9. The quantitative estimate of drug-likeness (QED) is 0.687. The van der Waals surface area contributed by atoms with E-state index in [1.165, 1.54) is 6.07 Å². The molecule has 3 aromatic rings. The number of nitrogens with zero attached hydrogens (tertiary/aromatic N) is 1. The Hall–Kier alpha value is -2.27. The summed E-state index contributed by atoms with van der Waals surface area (Å²) in [6.45, 7) is 3.75. The monoisotopic (exact) mass is 372 g/mol. The highest BCUT2D eigenvalue weighted by Gasteiger charge is 2.15. The Balaban J connectivity index is 2.02. The van der Waals surface area contributed by atoms with Crippen molar-refractivity contribution in [2.75, 3.05) is 5.32 Å². The van der Waals surface area contributed by atoms with Crippen LogP contribution >= 0.6 is 15.9 Å².